The Morgan fingerprint density at radius 1 is 1.10 bits per heavy atom. The quantitative estimate of drug-likeness (QED) is 0.874. The third-order valence-electron chi connectivity index (χ3n) is 3.47. The summed E-state index contributed by atoms with van der Waals surface area (Å²) >= 11 is 0. The van der Waals surface area contributed by atoms with Crippen LogP contribution in [0.25, 0.3) is 0 Å². The molecule has 0 aliphatic heterocycles. The summed E-state index contributed by atoms with van der Waals surface area (Å²) in [6, 6.07) is 12.6. The molecule has 1 saturated carbocycles. The second-order valence-electron chi connectivity index (χ2n) is 5.16. The van der Waals surface area contributed by atoms with E-state index in [1.807, 2.05) is 24.3 Å². The van der Waals surface area contributed by atoms with E-state index in [4.69, 9.17) is 9.47 Å². The molecule has 0 amide bonds. The molecule has 2 aromatic carbocycles. The monoisotopic (exact) mass is 287 g/mol. The molecule has 0 spiro atoms. The van der Waals surface area contributed by atoms with Gasteiger partial charge in [0.25, 0.3) is 0 Å². The molecule has 0 radical (unpaired) electrons. The van der Waals surface area contributed by atoms with E-state index in [-0.39, 0.29) is 5.82 Å². The highest BCUT2D eigenvalue weighted by Gasteiger charge is 2.21. The predicted molar refractivity (Wildman–Crippen MR) is 79.3 cm³/mol. The summed E-state index contributed by atoms with van der Waals surface area (Å²) in [6.45, 7) is 0.604. The van der Waals surface area contributed by atoms with Crippen molar-refractivity contribution in [1.82, 2.24) is 5.32 Å². The van der Waals surface area contributed by atoms with Crippen molar-refractivity contribution in [2.45, 2.75) is 25.4 Å². The molecule has 4 heteroatoms. The first-order valence-electron chi connectivity index (χ1n) is 7.09. The number of para-hydroxylation sites is 2. The average molecular weight is 287 g/mol. The smallest absolute Gasteiger partial charge is 0.169 e. The minimum atomic E-state index is -0.255. The first-order valence-corrected chi connectivity index (χ1v) is 7.09. The zero-order chi connectivity index (χ0) is 14.7. The lowest BCUT2D eigenvalue weighted by Crippen LogP contribution is -2.16. The van der Waals surface area contributed by atoms with Crippen molar-refractivity contribution in [3.05, 3.63) is 53.8 Å². The maximum atomic E-state index is 13.5. The Morgan fingerprint density at radius 3 is 2.57 bits per heavy atom. The van der Waals surface area contributed by atoms with Gasteiger partial charge in [0.15, 0.2) is 11.5 Å². The summed E-state index contributed by atoms with van der Waals surface area (Å²) < 4.78 is 24.6. The van der Waals surface area contributed by atoms with Crippen LogP contribution in [0.5, 0.6) is 17.2 Å². The van der Waals surface area contributed by atoms with Gasteiger partial charge in [-0.2, -0.15) is 0 Å². The standard InChI is InChI=1S/C17H18FNO2/c1-20-16-4-2-3-5-17(16)21-15-9-6-13(18)10-12(15)11-19-14-7-8-14/h2-6,9-10,14,19H,7-8,11H2,1H3. The van der Waals surface area contributed by atoms with Gasteiger partial charge in [0, 0.05) is 18.2 Å². The number of halogens is 1. The van der Waals surface area contributed by atoms with E-state index < -0.39 is 0 Å². The largest absolute Gasteiger partial charge is 0.493 e. The molecule has 0 heterocycles. The SMILES string of the molecule is COc1ccccc1Oc1ccc(F)cc1CNC1CC1. The Labute approximate surface area is 123 Å². The van der Waals surface area contributed by atoms with E-state index in [1.165, 1.54) is 25.0 Å². The molecular formula is C17H18FNO2. The van der Waals surface area contributed by atoms with Crippen molar-refractivity contribution in [2.24, 2.45) is 0 Å². The first-order chi connectivity index (χ1) is 10.3. The zero-order valence-electron chi connectivity index (χ0n) is 11.9. The Hall–Kier alpha value is -2.07. The molecule has 0 atom stereocenters. The maximum Gasteiger partial charge on any atom is 0.169 e. The Morgan fingerprint density at radius 2 is 1.86 bits per heavy atom. The van der Waals surface area contributed by atoms with Crippen LogP contribution in [0, 0.1) is 5.82 Å². The predicted octanol–water partition coefficient (Wildman–Crippen LogP) is 3.88. The molecule has 1 fully saturated rings. The van der Waals surface area contributed by atoms with Crippen LogP contribution in [0.1, 0.15) is 18.4 Å². The number of hydrogen-bond donors (Lipinski definition) is 1. The van der Waals surface area contributed by atoms with Gasteiger partial charge in [-0.3, -0.25) is 0 Å². The van der Waals surface area contributed by atoms with Gasteiger partial charge in [0.05, 0.1) is 7.11 Å². The van der Waals surface area contributed by atoms with Crippen molar-refractivity contribution >= 4 is 0 Å². The van der Waals surface area contributed by atoms with Gasteiger partial charge in [-0.25, -0.2) is 4.39 Å². The van der Waals surface area contributed by atoms with Crippen LogP contribution in [0.3, 0.4) is 0 Å². The van der Waals surface area contributed by atoms with Crippen LogP contribution in [0.2, 0.25) is 0 Å². The molecule has 110 valence electrons. The summed E-state index contributed by atoms with van der Waals surface area (Å²) in [6.07, 6.45) is 2.38. The molecule has 1 aliphatic carbocycles. The number of rotatable bonds is 6. The summed E-state index contributed by atoms with van der Waals surface area (Å²) in [5.41, 5.74) is 0.813. The maximum absolute atomic E-state index is 13.5. The number of nitrogens with one attached hydrogen (secondary N) is 1. The fraction of sp³-hybridized carbons (Fsp3) is 0.294. The number of ether oxygens (including phenoxy) is 2. The van der Waals surface area contributed by atoms with Crippen LogP contribution in [-0.4, -0.2) is 13.2 Å². The highest BCUT2D eigenvalue weighted by Crippen LogP contribution is 2.33. The highest BCUT2D eigenvalue weighted by molar-refractivity contribution is 5.45. The normalized spacial score (nSPS) is 14.0. The van der Waals surface area contributed by atoms with E-state index >= 15 is 0 Å². The van der Waals surface area contributed by atoms with E-state index in [0.29, 0.717) is 29.8 Å². The van der Waals surface area contributed by atoms with E-state index in [2.05, 4.69) is 5.32 Å². The van der Waals surface area contributed by atoms with Gasteiger partial charge in [-0.15, -0.1) is 0 Å². The molecule has 1 aliphatic rings. The van der Waals surface area contributed by atoms with Gasteiger partial charge in [-0.05, 0) is 43.2 Å². The second kappa shape index (κ2) is 6.14. The fourth-order valence-corrected chi connectivity index (χ4v) is 2.15. The van der Waals surface area contributed by atoms with Crippen molar-refractivity contribution in [1.29, 1.82) is 0 Å². The van der Waals surface area contributed by atoms with Gasteiger partial charge < -0.3 is 14.8 Å². The number of benzene rings is 2. The van der Waals surface area contributed by atoms with Crippen LogP contribution in [0.15, 0.2) is 42.5 Å². The second-order valence-corrected chi connectivity index (χ2v) is 5.16. The molecule has 0 saturated heterocycles. The average Bonchev–Trinajstić information content (AvgIpc) is 3.32. The summed E-state index contributed by atoms with van der Waals surface area (Å²) in [7, 11) is 1.60. The third-order valence-corrected chi connectivity index (χ3v) is 3.47. The third kappa shape index (κ3) is 3.52. The minimum Gasteiger partial charge on any atom is -0.493 e. The van der Waals surface area contributed by atoms with Crippen LogP contribution >= 0.6 is 0 Å². The molecule has 3 nitrogen and oxygen atoms in total. The molecular weight excluding hydrogens is 269 g/mol. The van der Waals surface area contributed by atoms with Crippen molar-refractivity contribution in [3.63, 3.8) is 0 Å². The van der Waals surface area contributed by atoms with Gasteiger partial charge in [0.1, 0.15) is 11.6 Å². The Balaban J connectivity index is 1.82. The number of methoxy groups -OCH3 is 1. The van der Waals surface area contributed by atoms with Gasteiger partial charge >= 0.3 is 0 Å². The van der Waals surface area contributed by atoms with Gasteiger partial charge in [0.2, 0.25) is 0 Å². The van der Waals surface area contributed by atoms with Gasteiger partial charge in [-0.1, -0.05) is 12.1 Å². The van der Waals surface area contributed by atoms with Crippen LogP contribution in [0.4, 0.5) is 4.39 Å². The topological polar surface area (TPSA) is 30.5 Å². The van der Waals surface area contributed by atoms with E-state index in [0.717, 1.165) is 5.56 Å². The molecule has 1 N–H and O–H groups in total. The highest BCUT2D eigenvalue weighted by atomic mass is 19.1. The molecule has 2 aromatic rings. The fourth-order valence-electron chi connectivity index (χ4n) is 2.15. The van der Waals surface area contributed by atoms with E-state index in [9.17, 15) is 4.39 Å². The molecule has 0 aromatic heterocycles. The van der Waals surface area contributed by atoms with Crippen molar-refractivity contribution in [3.8, 4) is 17.2 Å². The lowest BCUT2D eigenvalue weighted by Gasteiger charge is -2.14. The molecule has 3 rings (SSSR count). The summed E-state index contributed by atoms with van der Waals surface area (Å²) in [5.74, 6) is 1.67. The van der Waals surface area contributed by atoms with Crippen LogP contribution in [-0.2, 0) is 6.54 Å². The van der Waals surface area contributed by atoms with Crippen LogP contribution < -0.4 is 14.8 Å². The Kier molecular flexibility index (Phi) is 4.06. The van der Waals surface area contributed by atoms with Crippen molar-refractivity contribution < 1.29 is 13.9 Å². The summed E-state index contributed by atoms with van der Waals surface area (Å²) in [4.78, 5) is 0. The summed E-state index contributed by atoms with van der Waals surface area (Å²) in [5, 5.41) is 3.38. The Bertz CT molecular complexity index is 626. The molecule has 0 unspecified atom stereocenters. The molecule has 21 heavy (non-hydrogen) atoms. The van der Waals surface area contributed by atoms with E-state index in [1.54, 1.807) is 13.2 Å². The lowest BCUT2D eigenvalue weighted by molar-refractivity contribution is 0.377. The minimum absolute atomic E-state index is 0.255. The number of hydrogen-bond acceptors (Lipinski definition) is 3. The van der Waals surface area contributed by atoms with Crippen molar-refractivity contribution in [2.75, 3.05) is 7.11 Å². The molecule has 0 bridgehead atoms. The first kappa shape index (κ1) is 13.9. The zero-order valence-corrected chi connectivity index (χ0v) is 11.9. The lowest BCUT2D eigenvalue weighted by atomic mass is 10.2.